The Morgan fingerprint density at radius 3 is 3.08 bits per heavy atom. The minimum atomic E-state index is 0.456. The normalized spacial score (nSPS) is 9.42. The van der Waals surface area contributed by atoms with Crippen LogP contribution in [0.2, 0.25) is 5.15 Å². The van der Waals surface area contributed by atoms with Crippen LogP contribution in [0.25, 0.3) is 4.85 Å². The van der Waals surface area contributed by atoms with Crippen molar-refractivity contribution in [2.45, 2.75) is 6.42 Å². The lowest BCUT2D eigenvalue weighted by Gasteiger charge is -1.98. The second-order valence-electron chi connectivity index (χ2n) is 2.24. The molecule has 12 heavy (non-hydrogen) atoms. The van der Waals surface area contributed by atoms with Crippen molar-refractivity contribution in [3.63, 3.8) is 0 Å². The Bertz CT molecular complexity index is 319. The van der Waals surface area contributed by atoms with Gasteiger partial charge in [-0.2, -0.15) is 0 Å². The zero-order valence-corrected chi connectivity index (χ0v) is 8.56. The van der Waals surface area contributed by atoms with Gasteiger partial charge in [-0.1, -0.05) is 11.6 Å². The molecular formula is C8H6BrClN2. The average Bonchev–Trinajstić information content (AvgIpc) is 2.07. The Morgan fingerprint density at radius 1 is 1.67 bits per heavy atom. The van der Waals surface area contributed by atoms with Crippen LogP contribution in [0, 0.1) is 6.57 Å². The number of nitrogens with zero attached hydrogens (tertiary/aromatic N) is 2. The van der Waals surface area contributed by atoms with Crippen LogP contribution in [0.5, 0.6) is 0 Å². The standard InChI is InChI=1S/C8H6BrClN2/c1-11-3-2-6-4-7(9)5-12-8(6)10/h4-5H,2-3H2. The zero-order chi connectivity index (χ0) is 8.97. The van der Waals surface area contributed by atoms with E-state index in [9.17, 15) is 0 Å². The fourth-order valence-electron chi connectivity index (χ4n) is 0.816. The molecule has 0 aliphatic heterocycles. The molecule has 1 aromatic heterocycles. The molecule has 0 spiro atoms. The van der Waals surface area contributed by atoms with Crippen molar-refractivity contribution in [3.8, 4) is 0 Å². The van der Waals surface area contributed by atoms with Gasteiger partial charge in [-0.15, -0.1) is 0 Å². The number of halogens is 2. The van der Waals surface area contributed by atoms with Gasteiger partial charge in [-0.05, 0) is 27.6 Å². The lowest BCUT2D eigenvalue weighted by Crippen LogP contribution is -1.91. The lowest BCUT2D eigenvalue weighted by atomic mass is 10.2. The quantitative estimate of drug-likeness (QED) is 0.578. The Labute approximate surface area is 84.5 Å². The summed E-state index contributed by atoms with van der Waals surface area (Å²) in [4.78, 5) is 7.20. The molecule has 0 aliphatic carbocycles. The highest BCUT2D eigenvalue weighted by Crippen LogP contribution is 2.18. The van der Waals surface area contributed by atoms with Crippen molar-refractivity contribution in [1.82, 2.24) is 4.98 Å². The van der Waals surface area contributed by atoms with E-state index in [1.165, 1.54) is 0 Å². The van der Waals surface area contributed by atoms with E-state index < -0.39 is 0 Å². The molecule has 0 saturated carbocycles. The molecule has 62 valence electrons. The van der Waals surface area contributed by atoms with Gasteiger partial charge in [0.2, 0.25) is 6.54 Å². The van der Waals surface area contributed by atoms with Gasteiger partial charge in [0.25, 0.3) is 0 Å². The van der Waals surface area contributed by atoms with E-state index in [2.05, 4.69) is 25.8 Å². The van der Waals surface area contributed by atoms with Crippen LogP contribution in [0.15, 0.2) is 16.7 Å². The molecule has 1 aromatic rings. The third-order valence-corrected chi connectivity index (χ3v) is 2.15. The predicted octanol–water partition coefficient (Wildman–Crippen LogP) is 2.96. The number of hydrogen-bond donors (Lipinski definition) is 0. The van der Waals surface area contributed by atoms with Crippen LogP contribution in [0.1, 0.15) is 5.56 Å². The summed E-state index contributed by atoms with van der Waals surface area (Å²) in [7, 11) is 0. The highest BCUT2D eigenvalue weighted by atomic mass is 79.9. The first-order valence-electron chi connectivity index (χ1n) is 3.37. The first kappa shape index (κ1) is 9.50. The van der Waals surface area contributed by atoms with Gasteiger partial charge in [-0.3, -0.25) is 0 Å². The van der Waals surface area contributed by atoms with E-state index in [0.29, 0.717) is 18.1 Å². The molecule has 1 heterocycles. The molecule has 0 aliphatic rings. The molecule has 0 N–H and O–H groups in total. The fraction of sp³-hybridized carbons (Fsp3) is 0.250. The molecular weight excluding hydrogens is 239 g/mol. The van der Waals surface area contributed by atoms with Crippen LogP contribution in [-0.4, -0.2) is 11.5 Å². The summed E-state index contributed by atoms with van der Waals surface area (Å²) in [6.07, 6.45) is 2.30. The topological polar surface area (TPSA) is 17.2 Å². The first-order chi connectivity index (χ1) is 5.74. The number of pyridine rings is 1. The minimum absolute atomic E-state index is 0.456. The van der Waals surface area contributed by atoms with Gasteiger partial charge in [0.05, 0.1) is 0 Å². The SMILES string of the molecule is [C-]#[N+]CCc1cc(Br)cnc1Cl. The summed E-state index contributed by atoms with van der Waals surface area (Å²) >= 11 is 9.09. The highest BCUT2D eigenvalue weighted by molar-refractivity contribution is 9.10. The fourth-order valence-corrected chi connectivity index (χ4v) is 1.39. The van der Waals surface area contributed by atoms with E-state index >= 15 is 0 Å². The lowest BCUT2D eigenvalue weighted by molar-refractivity contribution is 1.05. The van der Waals surface area contributed by atoms with Crippen LogP contribution in [0.4, 0.5) is 0 Å². The second kappa shape index (κ2) is 4.44. The summed E-state index contributed by atoms with van der Waals surface area (Å²) < 4.78 is 0.895. The minimum Gasteiger partial charge on any atom is -0.317 e. The van der Waals surface area contributed by atoms with Crippen molar-refractivity contribution in [2.75, 3.05) is 6.54 Å². The largest absolute Gasteiger partial charge is 0.317 e. The molecule has 0 unspecified atom stereocenters. The van der Waals surface area contributed by atoms with E-state index in [-0.39, 0.29) is 0 Å². The van der Waals surface area contributed by atoms with Gasteiger partial charge >= 0.3 is 0 Å². The molecule has 0 amide bonds. The summed E-state index contributed by atoms with van der Waals surface area (Å²) in [5.41, 5.74) is 0.919. The van der Waals surface area contributed by atoms with Crippen molar-refractivity contribution >= 4 is 27.5 Å². The van der Waals surface area contributed by atoms with Gasteiger partial charge in [0.15, 0.2) is 0 Å². The maximum atomic E-state index is 6.63. The van der Waals surface area contributed by atoms with Crippen LogP contribution in [0.3, 0.4) is 0 Å². The van der Waals surface area contributed by atoms with E-state index in [4.69, 9.17) is 18.2 Å². The number of hydrogen-bond acceptors (Lipinski definition) is 1. The van der Waals surface area contributed by atoms with Crippen LogP contribution < -0.4 is 0 Å². The summed E-state index contributed by atoms with van der Waals surface area (Å²) in [5.74, 6) is 0. The average molecular weight is 246 g/mol. The van der Waals surface area contributed by atoms with Gasteiger partial charge < -0.3 is 4.85 Å². The van der Waals surface area contributed by atoms with Crippen molar-refractivity contribution in [1.29, 1.82) is 0 Å². The maximum Gasteiger partial charge on any atom is 0.218 e. The Morgan fingerprint density at radius 2 is 2.42 bits per heavy atom. The maximum absolute atomic E-state index is 6.63. The van der Waals surface area contributed by atoms with Crippen molar-refractivity contribution < 1.29 is 0 Å². The Balaban J connectivity index is 2.84. The third kappa shape index (κ3) is 2.47. The molecule has 0 saturated heterocycles. The second-order valence-corrected chi connectivity index (χ2v) is 3.51. The smallest absolute Gasteiger partial charge is 0.218 e. The van der Waals surface area contributed by atoms with Crippen molar-refractivity contribution in [3.05, 3.63) is 38.9 Å². The third-order valence-electron chi connectivity index (χ3n) is 1.37. The molecule has 0 bridgehead atoms. The highest BCUT2D eigenvalue weighted by Gasteiger charge is 2.02. The van der Waals surface area contributed by atoms with Crippen LogP contribution in [-0.2, 0) is 6.42 Å². The van der Waals surface area contributed by atoms with Crippen LogP contribution >= 0.6 is 27.5 Å². The van der Waals surface area contributed by atoms with Gasteiger partial charge in [-0.25, -0.2) is 11.6 Å². The number of rotatable bonds is 2. The molecule has 0 radical (unpaired) electrons. The molecule has 4 heteroatoms. The Hall–Kier alpha value is -0.590. The van der Waals surface area contributed by atoms with E-state index in [1.807, 2.05) is 6.07 Å². The zero-order valence-electron chi connectivity index (χ0n) is 6.22. The Kier molecular flexibility index (Phi) is 3.51. The van der Waals surface area contributed by atoms with Gasteiger partial charge in [0, 0.05) is 17.1 Å². The molecule has 0 atom stereocenters. The van der Waals surface area contributed by atoms with E-state index in [0.717, 1.165) is 10.0 Å². The molecule has 1 rings (SSSR count). The summed E-state index contributed by atoms with van der Waals surface area (Å²) in [5, 5.41) is 0.488. The molecule has 0 aromatic carbocycles. The molecule has 0 fully saturated rings. The monoisotopic (exact) mass is 244 g/mol. The first-order valence-corrected chi connectivity index (χ1v) is 4.54. The molecule has 2 nitrogen and oxygen atoms in total. The predicted molar refractivity (Wildman–Crippen MR) is 52.1 cm³/mol. The summed E-state index contributed by atoms with van der Waals surface area (Å²) in [6, 6.07) is 1.89. The summed E-state index contributed by atoms with van der Waals surface area (Å²) in [6.45, 7) is 7.08. The van der Waals surface area contributed by atoms with Gasteiger partial charge in [0.1, 0.15) is 5.15 Å². The van der Waals surface area contributed by atoms with Crippen molar-refractivity contribution in [2.24, 2.45) is 0 Å². The van der Waals surface area contributed by atoms with E-state index in [1.54, 1.807) is 6.20 Å². The number of aromatic nitrogens is 1.